The van der Waals surface area contributed by atoms with E-state index >= 15 is 0 Å². The topological polar surface area (TPSA) is 59.8 Å². The first-order chi connectivity index (χ1) is 17.1. The van der Waals surface area contributed by atoms with Crippen LogP contribution < -0.4 is 5.32 Å². The van der Waals surface area contributed by atoms with Crippen molar-refractivity contribution in [3.63, 3.8) is 0 Å². The molecule has 1 heterocycles. The highest BCUT2D eigenvalue weighted by Crippen LogP contribution is 2.31. The number of benzene rings is 3. The van der Waals surface area contributed by atoms with Gasteiger partial charge in [-0.05, 0) is 43.0 Å². The van der Waals surface area contributed by atoms with Gasteiger partial charge in [-0.25, -0.2) is 0 Å². The van der Waals surface area contributed by atoms with Crippen LogP contribution in [0.25, 0.3) is 17.1 Å². The van der Waals surface area contributed by atoms with Crippen LogP contribution in [0.5, 0.6) is 0 Å². The van der Waals surface area contributed by atoms with Crippen molar-refractivity contribution in [1.29, 1.82) is 0 Å². The lowest BCUT2D eigenvalue weighted by Gasteiger charge is -2.11. The smallest absolute Gasteiger partial charge is 0.220 e. The Balaban J connectivity index is 1.32. The summed E-state index contributed by atoms with van der Waals surface area (Å²) in [5, 5.41) is 13.7. The molecule has 1 N–H and O–H groups in total. The molecule has 0 saturated heterocycles. The third-order valence-corrected chi connectivity index (χ3v) is 7.19. The van der Waals surface area contributed by atoms with E-state index in [4.69, 9.17) is 23.2 Å². The van der Waals surface area contributed by atoms with E-state index in [9.17, 15) is 4.79 Å². The largest absolute Gasteiger partial charge is 0.356 e. The number of unbranched alkanes of at least 4 members (excludes halogenated alkanes) is 1. The first-order valence-corrected chi connectivity index (χ1v) is 13.3. The number of rotatable bonds is 11. The molecular formula is C27H26Cl2N4OS. The van der Waals surface area contributed by atoms with Crippen molar-refractivity contribution in [3.05, 3.63) is 94.5 Å². The van der Waals surface area contributed by atoms with Gasteiger partial charge in [0.1, 0.15) is 0 Å². The van der Waals surface area contributed by atoms with E-state index in [-0.39, 0.29) is 5.91 Å². The van der Waals surface area contributed by atoms with Crippen LogP contribution in [0.4, 0.5) is 0 Å². The highest BCUT2D eigenvalue weighted by atomic mass is 35.5. The molecule has 0 aliphatic heterocycles. The summed E-state index contributed by atoms with van der Waals surface area (Å²) in [6.45, 7) is 0.659. The first kappa shape index (κ1) is 25.3. The highest BCUT2D eigenvalue weighted by Gasteiger charge is 2.17. The van der Waals surface area contributed by atoms with E-state index in [1.165, 1.54) is 5.56 Å². The molecule has 0 unspecified atom stereocenters. The summed E-state index contributed by atoms with van der Waals surface area (Å²) in [6.07, 6.45) is 3.07. The van der Waals surface area contributed by atoms with E-state index in [1.807, 2.05) is 65.2 Å². The lowest BCUT2D eigenvalue weighted by Crippen LogP contribution is -2.25. The molecule has 5 nitrogen and oxygen atoms in total. The zero-order valence-electron chi connectivity index (χ0n) is 19.2. The third-order valence-electron chi connectivity index (χ3n) is 5.43. The molecule has 180 valence electrons. The Morgan fingerprint density at radius 1 is 0.886 bits per heavy atom. The number of nitrogens with zero attached hydrogens (tertiary/aromatic N) is 3. The molecule has 0 atom stereocenters. The van der Waals surface area contributed by atoms with Crippen LogP contribution in [0, 0.1) is 0 Å². The fourth-order valence-electron chi connectivity index (χ4n) is 3.62. The number of hydrogen-bond donors (Lipinski definition) is 1. The molecule has 4 aromatic rings. The normalized spacial score (nSPS) is 10.9. The second kappa shape index (κ2) is 12.8. The zero-order valence-corrected chi connectivity index (χ0v) is 21.5. The molecular weight excluding hydrogens is 499 g/mol. The number of thioether (sulfide) groups is 1. The fourth-order valence-corrected chi connectivity index (χ4v) is 4.87. The van der Waals surface area contributed by atoms with Crippen molar-refractivity contribution in [1.82, 2.24) is 20.1 Å². The SMILES string of the molecule is O=C(CCCCSc1nnc(-c2ccccc2)n1-c1ccc(Cl)c(Cl)c1)NCCc1ccccc1. The maximum atomic E-state index is 12.2. The van der Waals surface area contributed by atoms with Gasteiger partial charge < -0.3 is 5.32 Å². The lowest BCUT2D eigenvalue weighted by atomic mass is 10.1. The quantitative estimate of drug-likeness (QED) is 0.172. The Labute approximate surface area is 219 Å². The molecule has 35 heavy (non-hydrogen) atoms. The van der Waals surface area contributed by atoms with Crippen molar-refractivity contribution in [2.75, 3.05) is 12.3 Å². The van der Waals surface area contributed by atoms with Crippen molar-refractivity contribution < 1.29 is 4.79 Å². The van der Waals surface area contributed by atoms with Gasteiger partial charge in [0.2, 0.25) is 5.91 Å². The number of hydrogen-bond acceptors (Lipinski definition) is 4. The number of halogens is 2. The molecule has 0 spiro atoms. The van der Waals surface area contributed by atoms with Crippen molar-refractivity contribution >= 4 is 40.9 Å². The highest BCUT2D eigenvalue weighted by molar-refractivity contribution is 7.99. The Morgan fingerprint density at radius 3 is 2.37 bits per heavy atom. The van der Waals surface area contributed by atoms with Gasteiger partial charge in [-0.1, -0.05) is 95.6 Å². The van der Waals surface area contributed by atoms with Crippen LogP contribution in [0.15, 0.2) is 84.0 Å². The molecule has 4 rings (SSSR count). The van der Waals surface area contributed by atoms with E-state index in [2.05, 4.69) is 27.6 Å². The van der Waals surface area contributed by atoms with Crippen LogP contribution in [0.1, 0.15) is 24.8 Å². The van der Waals surface area contributed by atoms with Gasteiger partial charge >= 0.3 is 0 Å². The van der Waals surface area contributed by atoms with E-state index in [0.717, 1.165) is 47.2 Å². The second-order valence-corrected chi connectivity index (χ2v) is 9.87. The first-order valence-electron chi connectivity index (χ1n) is 11.5. The van der Waals surface area contributed by atoms with E-state index in [1.54, 1.807) is 17.8 Å². The molecule has 0 bridgehead atoms. The monoisotopic (exact) mass is 524 g/mol. The second-order valence-electron chi connectivity index (χ2n) is 8.00. The van der Waals surface area contributed by atoms with Gasteiger partial charge in [0.25, 0.3) is 0 Å². The minimum absolute atomic E-state index is 0.0938. The molecule has 8 heteroatoms. The summed E-state index contributed by atoms with van der Waals surface area (Å²) in [5.74, 6) is 1.66. The predicted octanol–water partition coefficient (Wildman–Crippen LogP) is 6.86. The van der Waals surface area contributed by atoms with Gasteiger partial charge in [-0.3, -0.25) is 9.36 Å². The Morgan fingerprint density at radius 2 is 1.63 bits per heavy atom. The average molecular weight is 526 g/mol. The summed E-state index contributed by atoms with van der Waals surface area (Å²) in [5.41, 5.74) is 3.04. The molecule has 1 amide bonds. The standard InChI is InChI=1S/C27H26Cl2N4OS/c28-23-15-14-22(19-24(23)29)33-26(21-11-5-2-6-12-21)31-32-27(33)35-18-8-7-13-25(34)30-17-16-20-9-3-1-4-10-20/h1-6,9-12,14-15,19H,7-8,13,16-18H2,(H,30,34). The molecule has 1 aromatic heterocycles. The maximum Gasteiger partial charge on any atom is 0.220 e. The van der Waals surface area contributed by atoms with Crippen LogP contribution >= 0.6 is 35.0 Å². The molecule has 0 aliphatic rings. The van der Waals surface area contributed by atoms with Crippen molar-refractivity contribution in [3.8, 4) is 17.1 Å². The molecule has 0 aliphatic carbocycles. The molecule has 0 fully saturated rings. The summed E-state index contributed by atoms with van der Waals surface area (Å²) < 4.78 is 2.00. The summed E-state index contributed by atoms with van der Waals surface area (Å²) in [7, 11) is 0. The Kier molecular flexibility index (Phi) is 9.23. The summed E-state index contributed by atoms with van der Waals surface area (Å²) in [6, 6.07) is 25.6. The molecule has 0 radical (unpaired) electrons. The fraction of sp³-hybridized carbons (Fsp3) is 0.222. The van der Waals surface area contributed by atoms with Crippen LogP contribution in [-0.2, 0) is 11.2 Å². The van der Waals surface area contributed by atoms with Gasteiger partial charge in [0.15, 0.2) is 11.0 Å². The summed E-state index contributed by atoms with van der Waals surface area (Å²) in [4.78, 5) is 12.2. The lowest BCUT2D eigenvalue weighted by molar-refractivity contribution is -0.121. The minimum atomic E-state index is 0.0938. The number of nitrogens with one attached hydrogen (secondary N) is 1. The zero-order chi connectivity index (χ0) is 24.5. The number of amides is 1. The van der Waals surface area contributed by atoms with Crippen LogP contribution in [-0.4, -0.2) is 33.0 Å². The maximum absolute atomic E-state index is 12.2. The predicted molar refractivity (Wildman–Crippen MR) is 145 cm³/mol. The van der Waals surface area contributed by atoms with E-state index in [0.29, 0.717) is 23.0 Å². The minimum Gasteiger partial charge on any atom is -0.356 e. The van der Waals surface area contributed by atoms with Crippen molar-refractivity contribution in [2.24, 2.45) is 0 Å². The van der Waals surface area contributed by atoms with Gasteiger partial charge in [-0.2, -0.15) is 0 Å². The number of aromatic nitrogens is 3. The van der Waals surface area contributed by atoms with Crippen LogP contribution in [0.3, 0.4) is 0 Å². The van der Waals surface area contributed by atoms with Gasteiger partial charge in [-0.15, -0.1) is 10.2 Å². The summed E-state index contributed by atoms with van der Waals surface area (Å²) >= 11 is 14.0. The molecule has 0 saturated carbocycles. The van der Waals surface area contributed by atoms with Crippen LogP contribution in [0.2, 0.25) is 10.0 Å². The Bertz CT molecular complexity index is 1250. The van der Waals surface area contributed by atoms with Crippen molar-refractivity contribution in [2.45, 2.75) is 30.8 Å². The van der Waals surface area contributed by atoms with Gasteiger partial charge in [0.05, 0.1) is 15.7 Å². The average Bonchev–Trinajstić information content (AvgIpc) is 3.30. The molecule has 3 aromatic carbocycles. The number of carbonyl (C=O) groups is 1. The number of carbonyl (C=O) groups excluding carboxylic acids is 1. The Hall–Kier alpha value is -2.80. The van der Waals surface area contributed by atoms with Gasteiger partial charge in [0, 0.05) is 24.3 Å². The third kappa shape index (κ3) is 7.10. The van der Waals surface area contributed by atoms with E-state index < -0.39 is 0 Å².